The number of aryl methyl sites for hydroxylation is 1. The molecule has 2 aromatic heterocycles. The molecule has 4 rings (SSSR count). The van der Waals surface area contributed by atoms with E-state index < -0.39 is 5.91 Å². The molecule has 8 heteroatoms. The van der Waals surface area contributed by atoms with Crippen molar-refractivity contribution in [1.29, 1.82) is 0 Å². The molecule has 0 unspecified atom stereocenters. The summed E-state index contributed by atoms with van der Waals surface area (Å²) >= 11 is 0. The highest BCUT2D eigenvalue weighted by Gasteiger charge is 2.19. The number of halogens is 2. The van der Waals surface area contributed by atoms with Crippen molar-refractivity contribution >= 4 is 11.6 Å². The molecule has 0 aliphatic carbocycles. The van der Waals surface area contributed by atoms with Gasteiger partial charge in [0.2, 0.25) is 0 Å². The predicted molar refractivity (Wildman–Crippen MR) is 107 cm³/mol. The third-order valence-corrected chi connectivity index (χ3v) is 4.71. The fraction of sp³-hybridized carbons (Fsp3) is 0.136. The first-order valence-corrected chi connectivity index (χ1v) is 9.23. The van der Waals surface area contributed by atoms with Crippen molar-refractivity contribution in [1.82, 2.24) is 14.9 Å². The molecule has 0 saturated heterocycles. The van der Waals surface area contributed by atoms with Crippen LogP contribution in [0.4, 0.5) is 14.5 Å². The fourth-order valence-electron chi connectivity index (χ4n) is 3.15. The van der Waals surface area contributed by atoms with E-state index in [1.807, 2.05) is 13.0 Å². The number of carbonyl (C=O) groups excluding carboxylic acids is 1. The summed E-state index contributed by atoms with van der Waals surface area (Å²) in [6, 6.07) is 13.5. The Morgan fingerprint density at radius 1 is 1.07 bits per heavy atom. The molecular weight excluding hydrogens is 390 g/mol. The predicted octanol–water partition coefficient (Wildman–Crippen LogP) is 4.73. The SMILES string of the molecule is Cc1nn(Cc2cccc(F)c2)c(C)c1NC(=O)c1cc(-c2ccc(F)cc2)on1. The molecule has 0 atom stereocenters. The molecule has 0 fully saturated rings. The lowest BCUT2D eigenvalue weighted by Gasteiger charge is -2.06. The highest BCUT2D eigenvalue weighted by Crippen LogP contribution is 2.24. The van der Waals surface area contributed by atoms with Crippen molar-refractivity contribution in [3.05, 3.63) is 88.9 Å². The third kappa shape index (κ3) is 3.98. The highest BCUT2D eigenvalue weighted by molar-refractivity contribution is 6.03. The molecule has 0 aliphatic rings. The van der Waals surface area contributed by atoms with Gasteiger partial charge in [0.25, 0.3) is 5.91 Å². The van der Waals surface area contributed by atoms with E-state index in [1.54, 1.807) is 29.8 Å². The smallest absolute Gasteiger partial charge is 0.277 e. The molecule has 0 aliphatic heterocycles. The van der Waals surface area contributed by atoms with Crippen LogP contribution >= 0.6 is 0 Å². The van der Waals surface area contributed by atoms with Crippen LogP contribution in [-0.2, 0) is 6.54 Å². The summed E-state index contributed by atoms with van der Waals surface area (Å²) in [6.45, 7) is 3.97. The highest BCUT2D eigenvalue weighted by atomic mass is 19.1. The zero-order chi connectivity index (χ0) is 21.3. The van der Waals surface area contributed by atoms with Gasteiger partial charge in [0.1, 0.15) is 11.6 Å². The van der Waals surface area contributed by atoms with Gasteiger partial charge in [0.05, 0.1) is 23.6 Å². The number of aromatic nitrogens is 3. The average molecular weight is 408 g/mol. The summed E-state index contributed by atoms with van der Waals surface area (Å²) in [5, 5.41) is 11.1. The maximum atomic E-state index is 13.4. The third-order valence-electron chi connectivity index (χ3n) is 4.71. The van der Waals surface area contributed by atoms with E-state index in [1.165, 1.54) is 30.3 Å². The first-order chi connectivity index (χ1) is 14.4. The van der Waals surface area contributed by atoms with Crippen LogP contribution in [-0.4, -0.2) is 20.8 Å². The molecule has 2 heterocycles. The monoisotopic (exact) mass is 408 g/mol. The first kappa shape index (κ1) is 19.5. The van der Waals surface area contributed by atoms with Crippen LogP contribution in [0.2, 0.25) is 0 Å². The molecule has 0 spiro atoms. The molecule has 0 bridgehead atoms. The van der Waals surface area contributed by atoms with E-state index in [0.717, 1.165) is 11.3 Å². The van der Waals surface area contributed by atoms with Crippen molar-refractivity contribution in [2.45, 2.75) is 20.4 Å². The minimum absolute atomic E-state index is 0.0889. The Morgan fingerprint density at radius 2 is 1.83 bits per heavy atom. The topological polar surface area (TPSA) is 73.0 Å². The Morgan fingerprint density at radius 3 is 2.57 bits per heavy atom. The maximum Gasteiger partial charge on any atom is 0.277 e. The number of rotatable bonds is 5. The molecule has 152 valence electrons. The number of hydrogen-bond acceptors (Lipinski definition) is 4. The Bertz CT molecular complexity index is 1210. The number of hydrogen-bond donors (Lipinski definition) is 1. The van der Waals surface area contributed by atoms with Gasteiger partial charge in [0.15, 0.2) is 11.5 Å². The zero-order valence-electron chi connectivity index (χ0n) is 16.3. The minimum Gasteiger partial charge on any atom is -0.355 e. The van der Waals surface area contributed by atoms with E-state index in [-0.39, 0.29) is 17.3 Å². The Kier molecular flexibility index (Phi) is 5.14. The second kappa shape index (κ2) is 7.90. The lowest BCUT2D eigenvalue weighted by molar-refractivity contribution is 0.101. The Balaban J connectivity index is 1.52. The zero-order valence-corrected chi connectivity index (χ0v) is 16.3. The van der Waals surface area contributed by atoms with Crippen molar-refractivity contribution in [2.24, 2.45) is 0 Å². The number of nitrogens with zero attached hydrogens (tertiary/aromatic N) is 3. The molecule has 30 heavy (non-hydrogen) atoms. The molecule has 0 saturated carbocycles. The van der Waals surface area contributed by atoms with Gasteiger partial charge in [-0.2, -0.15) is 5.10 Å². The van der Waals surface area contributed by atoms with E-state index in [9.17, 15) is 13.6 Å². The average Bonchev–Trinajstić information content (AvgIpc) is 3.30. The van der Waals surface area contributed by atoms with Gasteiger partial charge >= 0.3 is 0 Å². The lowest BCUT2D eigenvalue weighted by atomic mass is 10.1. The summed E-state index contributed by atoms with van der Waals surface area (Å²) in [5.74, 6) is -0.776. The Hall–Kier alpha value is -3.81. The van der Waals surface area contributed by atoms with Crippen molar-refractivity contribution < 1.29 is 18.1 Å². The summed E-state index contributed by atoms with van der Waals surface area (Å²) in [7, 11) is 0. The van der Waals surface area contributed by atoms with Crippen LogP contribution in [0.25, 0.3) is 11.3 Å². The van der Waals surface area contributed by atoms with Gasteiger partial charge in [0, 0.05) is 11.6 Å². The Labute approximate surface area is 171 Å². The van der Waals surface area contributed by atoms with Gasteiger partial charge in [-0.25, -0.2) is 8.78 Å². The summed E-state index contributed by atoms with van der Waals surface area (Å²) < 4.78 is 33.4. The molecule has 1 N–H and O–H groups in total. The van der Waals surface area contributed by atoms with E-state index in [2.05, 4.69) is 15.6 Å². The molecule has 0 radical (unpaired) electrons. The number of nitrogens with one attached hydrogen (secondary N) is 1. The van der Waals surface area contributed by atoms with Crippen LogP contribution in [0.5, 0.6) is 0 Å². The molecular formula is C22H18F2N4O2. The summed E-state index contributed by atoms with van der Waals surface area (Å²) in [5.41, 5.74) is 3.37. The molecule has 2 aromatic carbocycles. The van der Waals surface area contributed by atoms with Gasteiger partial charge in [-0.3, -0.25) is 9.48 Å². The normalized spacial score (nSPS) is 10.9. The quantitative estimate of drug-likeness (QED) is 0.518. The van der Waals surface area contributed by atoms with Crippen molar-refractivity contribution in [2.75, 3.05) is 5.32 Å². The van der Waals surface area contributed by atoms with Crippen LogP contribution in [0.3, 0.4) is 0 Å². The summed E-state index contributed by atoms with van der Waals surface area (Å²) in [6.07, 6.45) is 0. The van der Waals surface area contributed by atoms with E-state index >= 15 is 0 Å². The second-order valence-corrected chi connectivity index (χ2v) is 6.87. The van der Waals surface area contributed by atoms with Crippen LogP contribution in [0, 0.1) is 25.5 Å². The van der Waals surface area contributed by atoms with Crippen molar-refractivity contribution in [3.8, 4) is 11.3 Å². The fourth-order valence-corrected chi connectivity index (χ4v) is 3.15. The number of amides is 1. The van der Waals surface area contributed by atoms with Gasteiger partial charge in [-0.15, -0.1) is 0 Å². The molecule has 6 nitrogen and oxygen atoms in total. The van der Waals surface area contributed by atoms with Gasteiger partial charge < -0.3 is 9.84 Å². The standard InChI is InChI=1S/C22H18F2N4O2/c1-13-21(14(2)28(26-13)12-15-4-3-5-18(24)10-15)25-22(29)19-11-20(30-27-19)16-6-8-17(23)9-7-16/h3-11H,12H2,1-2H3,(H,25,29). The van der Waals surface area contributed by atoms with Gasteiger partial charge in [-0.05, 0) is 55.8 Å². The van der Waals surface area contributed by atoms with Crippen LogP contribution in [0.15, 0.2) is 59.1 Å². The van der Waals surface area contributed by atoms with Crippen LogP contribution < -0.4 is 5.32 Å². The van der Waals surface area contributed by atoms with E-state index in [4.69, 9.17) is 4.52 Å². The van der Waals surface area contributed by atoms with Crippen LogP contribution in [0.1, 0.15) is 27.4 Å². The molecule has 4 aromatic rings. The van der Waals surface area contributed by atoms with Crippen molar-refractivity contribution in [3.63, 3.8) is 0 Å². The number of anilines is 1. The first-order valence-electron chi connectivity index (χ1n) is 9.23. The largest absolute Gasteiger partial charge is 0.355 e. The summed E-state index contributed by atoms with van der Waals surface area (Å²) in [4.78, 5) is 12.6. The maximum absolute atomic E-state index is 13.4. The van der Waals surface area contributed by atoms with Gasteiger partial charge in [-0.1, -0.05) is 17.3 Å². The molecule has 1 amide bonds. The second-order valence-electron chi connectivity index (χ2n) is 6.87. The van der Waals surface area contributed by atoms with E-state index in [0.29, 0.717) is 29.2 Å². The minimum atomic E-state index is -0.455. The lowest BCUT2D eigenvalue weighted by Crippen LogP contribution is -2.13. The number of benzene rings is 2. The number of carbonyl (C=O) groups is 1.